The average Bonchev–Trinajstić information content (AvgIpc) is 2.74. The molecule has 7 heteroatoms. The Morgan fingerprint density at radius 3 is 3.07 bits per heavy atom. The zero-order valence-corrected chi connectivity index (χ0v) is 8.69. The van der Waals surface area contributed by atoms with Gasteiger partial charge < -0.3 is 10.1 Å². The van der Waals surface area contributed by atoms with Crippen LogP contribution in [-0.2, 0) is 16.1 Å². The van der Waals surface area contributed by atoms with Crippen molar-refractivity contribution in [2.45, 2.75) is 26.3 Å². The third-order valence-corrected chi connectivity index (χ3v) is 1.65. The van der Waals surface area contributed by atoms with E-state index in [-0.39, 0.29) is 5.91 Å². The molecule has 0 saturated heterocycles. The van der Waals surface area contributed by atoms with Gasteiger partial charge >= 0.3 is 0 Å². The van der Waals surface area contributed by atoms with E-state index >= 15 is 0 Å². The molecule has 0 aromatic carbocycles. The SMILES string of the molecule is CCCOCCC(=O)NCc1nn[nH]n1. The summed E-state index contributed by atoms with van der Waals surface area (Å²) in [6.45, 7) is 3.46. The van der Waals surface area contributed by atoms with Crippen LogP contribution in [0, 0.1) is 0 Å². The maximum atomic E-state index is 11.2. The van der Waals surface area contributed by atoms with E-state index in [0.717, 1.165) is 6.42 Å². The summed E-state index contributed by atoms with van der Waals surface area (Å²) in [6.07, 6.45) is 1.32. The molecule has 0 spiro atoms. The summed E-state index contributed by atoms with van der Waals surface area (Å²) >= 11 is 0. The summed E-state index contributed by atoms with van der Waals surface area (Å²) < 4.78 is 5.18. The molecule has 0 bridgehead atoms. The Morgan fingerprint density at radius 2 is 2.40 bits per heavy atom. The Morgan fingerprint density at radius 1 is 1.53 bits per heavy atom. The lowest BCUT2D eigenvalue weighted by atomic mass is 10.4. The van der Waals surface area contributed by atoms with Crippen molar-refractivity contribution in [1.82, 2.24) is 25.9 Å². The molecular weight excluding hydrogens is 198 g/mol. The number of hydrogen-bond acceptors (Lipinski definition) is 5. The third kappa shape index (κ3) is 5.06. The highest BCUT2D eigenvalue weighted by Crippen LogP contribution is 1.87. The van der Waals surface area contributed by atoms with Gasteiger partial charge in [-0.05, 0) is 6.42 Å². The molecule has 0 fully saturated rings. The number of amides is 1. The van der Waals surface area contributed by atoms with Crippen LogP contribution in [-0.4, -0.2) is 39.7 Å². The first-order chi connectivity index (χ1) is 7.33. The molecule has 0 saturated carbocycles. The molecule has 1 aromatic rings. The summed E-state index contributed by atoms with van der Waals surface area (Å²) in [5.41, 5.74) is 0. The van der Waals surface area contributed by atoms with Crippen molar-refractivity contribution in [3.63, 3.8) is 0 Å². The third-order valence-electron chi connectivity index (χ3n) is 1.65. The zero-order valence-electron chi connectivity index (χ0n) is 8.69. The van der Waals surface area contributed by atoms with Crippen molar-refractivity contribution in [1.29, 1.82) is 0 Å². The number of H-pyrrole nitrogens is 1. The molecule has 0 aliphatic carbocycles. The lowest BCUT2D eigenvalue weighted by molar-refractivity contribution is -0.122. The molecule has 0 radical (unpaired) electrons. The second-order valence-electron chi connectivity index (χ2n) is 2.97. The topological polar surface area (TPSA) is 92.8 Å². The minimum absolute atomic E-state index is 0.0732. The van der Waals surface area contributed by atoms with Crippen LogP contribution in [0.1, 0.15) is 25.6 Å². The molecule has 1 rings (SSSR count). The smallest absolute Gasteiger partial charge is 0.222 e. The summed E-state index contributed by atoms with van der Waals surface area (Å²) in [5, 5.41) is 15.7. The molecule has 2 N–H and O–H groups in total. The fourth-order valence-electron chi connectivity index (χ4n) is 0.935. The van der Waals surface area contributed by atoms with Crippen LogP contribution >= 0.6 is 0 Å². The standard InChI is InChI=1S/C8H15N5O2/c1-2-4-15-5-3-8(14)9-6-7-10-12-13-11-7/h2-6H2,1H3,(H,9,14)(H,10,11,12,13). The molecule has 1 heterocycles. The highest BCUT2D eigenvalue weighted by Gasteiger charge is 2.03. The number of hydrogen-bond donors (Lipinski definition) is 2. The monoisotopic (exact) mass is 213 g/mol. The van der Waals surface area contributed by atoms with Crippen LogP contribution < -0.4 is 5.32 Å². The van der Waals surface area contributed by atoms with Crippen LogP contribution in [0.5, 0.6) is 0 Å². The van der Waals surface area contributed by atoms with Gasteiger partial charge in [-0.15, -0.1) is 10.2 Å². The van der Waals surface area contributed by atoms with Gasteiger partial charge in [-0.25, -0.2) is 0 Å². The number of nitrogens with zero attached hydrogens (tertiary/aromatic N) is 3. The van der Waals surface area contributed by atoms with Gasteiger partial charge in [-0.2, -0.15) is 5.21 Å². The number of rotatable bonds is 7. The number of nitrogens with one attached hydrogen (secondary N) is 2. The van der Waals surface area contributed by atoms with Gasteiger partial charge in [0.15, 0.2) is 5.82 Å². The van der Waals surface area contributed by atoms with E-state index < -0.39 is 0 Å². The number of carbonyl (C=O) groups excluding carboxylic acids is 1. The van der Waals surface area contributed by atoms with E-state index in [1.807, 2.05) is 6.92 Å². The number of ether oxygens (including phenoxy) is 1. The summed E-state index contributed by atoms with van der Waals surface area (Å²) in [6, 6.07) is 0. The number of aromatic amines is 1. The second-order valence-corrected chi connectivity index (χ2v) is 2.97. The summed E-state index contributed by atoms with van der Waals surface area (Å²) in [4.78, 5) is 11.2. The minimum atomic E-state index is -0.0732. The normalized spacial score (nSPS) is 10.2. The van der Waals surface area contributed by atoms with Crippen molar-refractivity contribution < 1.29 is 9.53 Å². The summed E-state index contributed by atoms with van der Waals surface area (Å²) in [5.74, 6) is 0.397. The first-order valence-electron chi connectivity index (χ1n) is 4.89. The lowest BCUT2D eigenvalue weighted by Crippen LogP contribution is -2.24. The van der Waals surface area contributed by atoms with Gasteiger partial charge in [0.1, 0.15) is 0 Å². The Hall–Kier alpha value is -1.50. The molecule has 84 valence electrons. The van der Waals surface area contributed by atoms with Crippen molar-refractivity contribution >= 4 is 5.91 Å². The number of aromatic nitrogens is 4. The highest BCUT2D eigenvalue weighted by atomic mass is 16.5. The predicted molar refractivity (Wildman–Crippen MR) is 51.8 cm³/mol. The molecule has 15 heavy (non-hydrogen) atoms. The predicted octanol–water partition coefficient (Wildman–Crippen LogP) is -0.367. The Bertz CT molecular complexity index is 275. The quantitative estimate of drug-likeness (QED) is 0.603. The molecule has 1 amide bonds. The van der Waals surface area contributed by atoms with E-state index in [0.29, 0.717) is 32.0 Å². The summed E-state index contributed by atoms with van der Waals surface area (Å²) in [7, 11) is 0. The van der Waals surface area contributed by atoms with Crippen molar-refractivity contribution in [3.05, 3.63) is 5.82 Å². The Kier molecular flexibility index (Phi) is 5.31. The first kappa shape index (κ1) is 11.6. The average molecular weight is 213 g/mol. The molecule has 0 unspecified atom stereocenters. The number of tetrazole rings is 1. The van der Waals surface area contributed by atoms with Crippen molar-refractivity contribution in [2.75, 3.05) is 13.2 Å². The van der Waals surface area contributed by atoms with Gasteiger partial charge in [-0.3, -0.25) is 4.79 Å². The fraction of sp³-hybridized carbons (Fsp3) is 0.750. The van der Waals surface area contributed by atoms with Gasteiger partial charge in [0.25, 0.3) is 0 Å². The molecule has 0 aliphatic heterocycles. The van der Waals surface area contributed by atoms with Crippen LogP contribution in [0.3, 0.4) is 0 Å². The zero-order chi connectivity index (χ0) is 10.9. The highest BCUT2D eigenvalue weighted by molar-refractivity contribution is 5.75. The second kappa shape index (κ2) is 6.88. The maximum Gasteiger partial charge on any atom is 0.222 e. The van der Waals surface area contributed by atoms with Gasteiger partial charge in [-0.1, -0.05) is 12.1 Å². The first-order valence-corrected chi connectivity index (χ1v) is 4.89. The Balaban J connectivity index is 2.04. The fourth-order valence-corrected chi connectivity index (χ4v) is 0.935. The minimum Gasteiger partial charge on any atom is -0.381 e. The molecule has 1 aromatic heterocycles. The molecule has 0 atom stereocenters. The lowest BCUT2D eigenvalue weighted by Gasteiger charge is -2.02. The van der Waals surface area contributed by atoms with Crippen LogP contribution in [0.25, 0.3) is 0 Å². The van der Waals surface area contributed by atoms with Crippen LogP contribution in [0.2, 0.25) is 0 Å². The Labute approximate surface area is 87.6 Å². The van der Waals surface area contributed by atoms with E-state index in [4.69, 9.17) is 4.74 Å². The molecule has 7 nitrogen and oxygen atoms in total. The van der Waals surface area contributed by atoms with E-state index in [9.17, 15) is 4.79 Å². The van der Waals surface area contributed by atoms with Crippen LogP contribution in [0.15, 0.2) is 0 Å². The van der Waals surface area contributed by atoms with E-state index in [1.165, 1.54) is 0 Å². The van der Waals surface area contributed by atoms with E-state index in [2.05, 4.69) is 25.9 Å². The van der Waals surface area contributed by atoms with E-state index in [1.54, 1.807) is 0 Å². The van der Waals surface area contributed by atoms with Gasteiger partial charge in [0.2, 0.25) is 5.91 Å². The van der Waals surface area contributed by atoms with Crippen LogP contribution in [0.4, 0.5) is 0 Å². The van der Waals surface area contributed by atoms with Gasteiger partial charge in [0.05, 0.1) is 13.2 Å². The molecule has 0 aliphatic rings. The maximum absolute atomic E-state index is 11.2. The van der Waals surface area contributed by atoms with Gasteiger partial charge in [0, 0.05) is 13.0 Å². The largest absolute Gasteiger partial charge is 0.381 e. The molecular formula is C8H15N5O2. The number of carbonyl (C=O) groups is 1. The van der Waals surface area contributed by atoms with Crippen molar-refractivity contribution in [3.8, 4) is 0 Å². The van der Waals surface area contributed by atoms with Crippen molar-refractivity contribution in [2.24, 2.45) is 0 Å².